The second-order valence-electron chi connectivity index (χ2n) is 4.76. The molecule has 0 spiro atoms. The minimum absolute atomic E-state index is 0.143. The fourth-order valence-corrected chi connectivity index (χ4v) is 2.36. The van der Waals surface area contributed by atoms with Gasteiger partial charge in [0, 0.05) is 0 Å². The van der Waals surface area contributed by atoms with Crippen LogP contribution in [0.4, 0.5) is 5.82 Å². The zero-order valence-electron chi connectivity index (χ0n) is 11.7. The number of aliphatic hydroxyl groups excluding tert-OH is 2. The van der Waals surface area contributed by atoms with Crippen LogP contribution >= 0.6 is 0 Å². The maximum Gasteiger partial charge on any atom is 0.338 e. The van der Waals surface area contributed by atoms with Crippen LogP contribution in [0.25, 0.3) is 11.2 Å². The number of carbonyl (C=O) groups excluding carboxylic acids is 1. The summed E-state index contributed by atoms with van der Waals surface area (Å²) in [5.41, 5.74) is 6.36. The number of ether oxygens (including phenoxy) is 2. The first kappa shape index (κ1) is 14.6. The molecular weight excluding hydrogens is 294 g/mol. The molecule has 1 fully saturated rings. The highest BCUT2D eigenvalue weighted by atomic mass is 16.6. The minimum Gasteiger partial charge on any atom is -0.464 e. The van der Waals surface area contributed by atoms with E-state index in [0.717, 1.165) is 0 Å². The van der Waals surface area contributed by atoms with E-state index in [2.05, 4.69) is 15.0 Å². The van der Waals surface area contributed by atoms with E-state index in [1.165, 1.54) is 17.2 Å². The molecule has 3 heterocycles. The minimum atomic E-state index is -1.42. The van der Waals surface area contributed by atoms with Crippen LogP contribution in [0.5, 0.6) is 0 Å². The number of carbonyl (C=O) groups is 1. The number of rotatable bonds is 3. The summed E-state index contributed by atoms with van der Waals surface area (Å²) in [6.07, 6.45) is -2.48. The molecule has 1 aliphatic rings. The van der Waals surface area contributed by atoms with E-state index >= 15 is 0 Å². The second kappa shape index (κ2) is 5.48. The fourth-order valence-electron chi connectivity index (χ4n) is 2.36. The molecule has 118 valence electrons. The average molecular weight is 309 g/mol. The number of fused-ring (bicyclic) bond motifs is 1. The van der Waals surface area contributed by atoms with Crippen LogP contribution < -0.4 is 5.73 Å². The summed E-state index contributed by atoms with van der Waals surface area (Å²) in [7, 11) is 0. The molecule has 10 heteroatoms. The highest BCUT2D eigenvalue weighted by molar-refractivity contribution is 5.81. The molecule has 3 rings (SSSR count). The molecule has 0 amide bonds. The Morgan fingerprint density at radius 2 is 2.18 bits per heavy atom. The summed E-state index contributed by atoms with van der Waals surface area (Å²) >= 11 is 0. The Kier molecular flexibility index (Phi) is 3.64. The smallest absolute Gasteiger partial charge is 0.338 e. The zero-order valence-corrected chi connectivity index (χ0v) is 11.7. The highest BCUT2D eigenvalue weighted by Crippen LogP contribution is 2.32. The number of hydrogen-bond acceptors (Lipinski definition) is 9. The van der Waals surface area contributed by atoms with Crippen LogP contribution in [0.1, 0.15) is 13.2 Å². The van der Waals surface area contributed by atoms with Gasteiger partial charge in [0.25, 0.3) is 0 Å². The first-order valence-electron chi connectivity index (χ1n) is 6.65. The zero-order chi connectivity index (χ0) is 15.9. The number of hydrogen-bond donors (Lipinski definition) is 3. The van der Waals surface area contributed by atoms with Gasteiger partial charge in [0.15, 0.2) is 23.8 Å². The summed E-state index contributed by atoms with van der Waals surface area (Å²) in [5.74, 6) is -0.561. The second-order valence-corrected chi connectivity index (χ2v) is 4.76. The SMILES string of the molecule is CCOC(=O)[C@@H]1O[C@H](n2cnc3c(N)ncnc32)[C@H](O)[C@@H]1O. The van der Waals surface area contributed by atoms with Gasteiger partial charge >= 0.3 is 5.97 Å². The Bertz CT molecular complexity index is 704. The third-order valence-electron chi connectivity index (χ3n) is 3.42. The lowest BCUT2D eigenvalue weighted by Gasteiger charge is -2.16. The largest absolute Gasteiger partial charge is 0.464 e. The molecule has 0 aromatic carbocycles. The quantitative estimate of drug-likeness (QED) is 0.582. The molecule has 10 nitrogen and oxygen atoms in total. The molecule has 2 aromatic heterocycles. The summed E-state index contributed by atoms with van der Waals surface area (Å²) in [4.78, 5) is 23.6. The van der Waals surface area contributed by atoms with Crippen molar-refractivity contribution >= 4 is 23.0 Å². The summed E-state index contributed by atoms with van der Waals surface area (Å²) < 4.78 is 11.6. The van der Waals surface area contributed by atoms with E-state index in [9.17, 15) is 15.0 Å². The van der Waals surface area contributed by atoms with E-state index in [4.69, 9.17) is 15.2 Å². The maximum absolute atomic E-state index is 11.7. The Morgan fingerprint density at radius 1 is 1.41 bits per heavy atom. The van der Waals surface area contributed by atoms with E-state index in [1.54, 1.807) is 6.92 Å². The van der Waals surface area contributed by atoms with E-state index in [0.29, 0.717) is 11.2 Å². The summed E-state index contributed by atoms with van der Waals surface area (Å²) in [6, 6.07) is 0. The number of aliphatic hydroxyl groups is 2. The number of nitrogens with two attached hydrogens (primary N) is 1. The normalized spacial score (nSPS) is 28.1. The van der Waals surface area contributed by atoms with Gasteiger partial charge in [0.1, 0.15) is 24.1 Å². The van der Waals surface area contributed by atoms with Crippen molar-refractivity contribution in [1.82, 2.24) is 19.5 Å². The lowest BCUT2D eigenvalue weighted by atomic mass is 10.1. The van der Waals surface area contributed by atoms with Gasteiger partial charge in [0.2, 0.25) is 0 Å². The van der Waals surface area contributed by atoms with Crippen molar-refractivity contribution in [2.45, 2.75) is 31.5 Å². The first-order chi connectivity index (χ1) is 10.5. The molecule has 0 aliphatic carbocycles. The molecule has 22 heavy (non-hydrogen) atoms. The van der Waals surface area contributed by atoms with Gasteiger partial charge in [-0.3, -0.25) is 4.57 Å². The molecule has 4 N–H and O–H groups in total. The lowest BCUT2D eigenvalue weighted by molar-refractivity contribution is -0.161. The predicted molar refractivity (Wildman–Crippen MR) is 72.3 cm³/mol. The Morgan fingerprint density at radius 3 is 2.91 bits per heavy atom. The molecule has 1 aliphatic heterocycles. The van der Waals surface area contributed by atoms with Crippen molar-refractivity contribution in [1.29, 1.82) is 0 Å². The summed E-state index contributed by atoms with van der Waals surface area (Å²) in [6.45, 7) is 1.78. The standard InChI is InChI=1S/C12H15N5O5/c1-2-21-12(20)8-6(18)7(19)11(22-8)17-4-16-5-9(13)14-3-15-10(5)17/h3-4,6-8,11,18-19H,2H2,1H3,(H2,13,14,15)/t6-,7+,8+,11-/m0/s1. The molecule has 0 radical (unpaired) electrons. The number of aromatic nitrogens is 4. The van der Waals surface area contributed by atoms with E-state index in [1.807, 2.05) is 0 Å². The Balaban J connectivity index is 1.94. The first-order valence-corrected chi connectivity index (χ1v) is 6.65. The van der Waals surface area contributed by atoms with Crippen molar-refractivity contribution in [3.05, 3.63) is 12.7 Å². The highest BCUT2D eigenvalue weighted by Gasteiger charge is 2.48. The fraction of sp³-hybridized carbons (Fsp3) is 0.500. The van der Waals surface area contributed by atoms with Gasteiger partial charge in [-0.05, 0) is 6.92 Å². The van der Waals surface area contributed by atoms with Gasteiger partial charge in [-0.1, -0.05) is 0 Å². The van der Waals surface area contributed by atoms with Crippen LogP contribution in [-0.4, -0.2) is 60.6 Å². The van der Waals surface area contributed by atoms with Gasteiger partial charge in [-0.15, -0.1) is 0 Å². The van der Waals surface area contributed by atoms with Crippen LogP contribution in [0.15, 0.2) is 12.7 Å². The van der Waals surface area contributed by atoms with Crippen molar-refractivity contribution < 1.29 is 24.5 Å². The van der Waals surface area contributed by atoms with Gasteiger partial charge in [-0.2, -0.15) is 0 Å². The van der Waals surface area contributed by atoms with Gasteiger partial charge < -0.3 is 25.4 Å². The number of anilines is 1. The molecule has 0 saturated carbocycles. The molecule has 4 atom stereocenters. The van der Waals surface area contributed by atoms with Crippen LogP contribution in [0, 0.1) is 0 Å². The number of nitrogen functional groups attached to an aromatic ring is 1. The topological polar surface area (TPSA) is 146 Å². The molecule has 0 bridgehead atoms. The Labute approximate surface area is 124 Å². The van der Waals surface area contributed by atoms with Crippen molar-refractivity contribution in [2.75, 3.05) is 12.3 Å². The van der Waals surface area contributed by atoms with Gasteiger partial charge in [-0.25, -0.2) is 19.7 Å². The van der Waals surface area contributed by atoms with Gasteiger partial charge in [0.05, 0.1) is 12.9 Å². The van der Waals surface area contributed by atoms with Crippen LogP contribution in [0.2, 0.25) is 0 Å². The average Bonchev–Trinajstić information content (AvgIpc) is 3.03. The number of esters is 1. The van der Waals surface area contributed by atoms with E-state index in [-0.39, 0.29) is 12.4 Å². The van der Waals surface area contributed by atoms with Crippen molar-refractivity contribution in [3.63, 3.8) is 0 Å². The predicted octanol–water partition coefficient (Wildman–Crippen LogP) is -1.41. The molecule has 0 unspecified atom stereocenters. The third-order valence-corrected chi connectivity index (χ3v) is 3.42. The Hall–Kier alpha value is -2.30. The van der Waals surface area contributed by atoms with Crippen LogP contribution in [0.3, 0.4) is 0 Å². The maximum atomic E-state index is 11.7. The van der Waals surface area contributed by atoms with Crippen molar-refractivity contribution in [2.24, 2.45) is 0 Å². The van der Waals surface area contributed by atoms with Crippen molar-refractivity contribution in [3.8, 4) is 0 Å². The molecule has 1 saturated heterocycles. The molecular formula is C12H15N5O5. The summed E-state index contributed by atoms with van der Waals surface area (Å²) in [5, 5.41) is 20.1. The van der Waals surface area contributed by atoms with E-state index < -0.39 is 30.5 Å². The number of nitrogens with zero attached hydrogens (tertiary/aromatic N) is 4. The monoisotopic (exact) mass is 309 g/mol. The third kappa shape index (κ3) is 2.17. The lowest BCUT2D eigenvalue weighted by Crippen LogP contribution is -2.37. The number of imidazole rings is 1. The van der Waals surface area contributed by atoms with Crippen LogP contribution in [-0.2, 0) is 14.3 Å². The molecule has 2 aromatic rings.